The van der Waals surface area contributed by atoms with Gasteiger partial charge in [-0.2, -0.15) is 0 Å². The summed E-state index contributed by atoms with van der Waals surface area (Å²) in [6.45, 7) is 0. The molecule has 0 spiro atoms. The summed E-state index contributed by atoms with van der Waals surface area (Å²) in [6, 6.07) is 5.73. The molecule has 0 N–H and O–H groups in total. The number of hydrogen-bond acceptors (Lipinski definition) is 2. The summed E-state index contributed by atoms with van der Waals surface area (Å²) in [7, 11) is 1.35. The van der Waals surface area contributed by atoms with Crippen molar-refractivity contribution in [3.05, 3.63) is 38.8 Å². The van der Waals surface area contributed by atoms with Crippen LogP contribution in [-0.4, -0.2) is 13.1 Å². The maximum absolute atomic E-state index is 10.8. The molecule has 0 bridgehead atoms. The molecular formula is C10H8Br2O2. The molecule has 0 heterocycles. The predicted octanol–water partition coefficient (Wildman–Crippen LogP) is 3.40. The van der Waals surface area contributed by atoms with Gasteiger partial charge in [-0.05, 0) is 29.8 Å². The molecule has 0 unspecified atom stereocenters. The smallest absolute Gasteiger partial charge is 0.330 e. The van der Waals surface area contributed by atoms with Crippen LogP contribution in [0.2, 0.25) is 0 Å². The zero-order valence-electron chi connectivity index (χ0n) is 7.46. The fourth-order valence-corrected chi connectivity index (χ4v) is 1.63. The van der Waals surface area contributed by atoms with Gasteiger partial charge in [0.05, 0.1) is 7.11 Å². The number of rotatable bonds is 2. The minimum Gasteiger partial charge on any atom is -0.466 e. The van der Waals surface area contributed by atoms with Gasteiger partial charge in [-0.1, -0.05) is 31.9 Å². The van der Waals surface area contributed by atoms with Crippen LogP contribution in [0.5, 0.6) is 0 Å². The summed E-state index contributed by atoms with van der Waals surface area (Å²) in [4.78, 5) is 10.8. The normalized spacial score (nSPS) is 10.5. The molecule has 74 valence electrons. The molecule has 1 aromatic carbocycles. The Labute approximate surface area is 99.2 Å². The number of carbonyl (C=O) groups is 1. The van der Waals surface area contributed by atoms with E-state index in [-0.39, 0.29) is 5.97 Å². The Hall–Kier alpha value is -0.610. The molecular weight excluding hydrogens is 312 g/mol. The molecule has 0 aliphatic rings. The highest BCUT2D eigenvalue weighted by Crippen LogP contribution is 2.22. The Morgan fingerprint density at radius 2 is 2.14 bits per heavy atom. The van der Waals surface area contributed by atoms with Crippen LogP contribution in [0.15, 0.2) is 33.2 Å². The molecule has 0 aromatic heterocycles. The third-order valence-electron chi connectivity index (χ3n) is 1.56. The van der Waals surface area contributed by atoms with Gasteiger partial charge in [0.2, 0.25) is 0 Å². The maximum atomic E-state index is 10.8. The molecule has 4 heteroatoms. The van der Waals surface area contributed by atoms with Crippen molar-refractivity contribution in [2.24, 2.45) is 0 Å². The Kier molecular flexibility index (Phi) is 4.35. The highest BCUT2D eigenvalue weighted by atomic mass is 79.9. The van der Waals surface area contributed by atoms with E-state index in [9.17, 15) is 4.79 Å². The van der Waals surface area contributed by atoms with Gasteiger partial charge in [0, 0.05) is 15.0 Å². The van der Waals surface area contributed by atoms with Crippen LogP contribution in [0, 0.1) is 0 Å². The fourth-order valence-electron chi connectivity index (χ4n) is 0.868. The lowest BCUT2D eigenvalue weighted by Crippen LogP contribution is -1.93. The van der Waals surface area contributed by atoms with E-state index in [4.69, 9.17) is 0 Å². The van der Waals surface area contributed by atoms with Crippen LogP contribution in [0.1, 0.15) is 5.56 Å². The van der Waals surface area contributed by atoms with Crippen LogP contribution in [0.3, 0.4) is 0 Å². The van der Waals surface area contributed by atoms with Gasteiger partial charge in [-0.15, -0.1) is 0 Å². The third kappa shape index (κ3) is 3.27. The van der Waals surface area contributed by atoms with E-state index in [1.807, 2.05) is 18.2 Å². The topological polar surface area (TPSA) is 26.3 Å². The average molecular weight is 320 g/mol. The number of carbonyl (C=O) groups excluding carboxylic acids is 1. The Bertz CT molecular complexity index is 372. The minimum atomic E-state index is -0.364. The minimum absolute atomic E-state index is 0.364. The number of halogens is 2. The first-order valence-electron chi connectivity index (χ1n) is 3.84. The van der Waals surface area contributed by atoms with Crippen molar-refractivity contribution in [3.8, 4) is 0 Å². The van der Waals surface area contributed by atoms with E-state index in [0.717, 1.165) is 14.5 Å². The summed E-state index contributed by atoms with van der Waals surface area (Å²) in [5.74, 6) is -0.364. The summed E-state index contributed by atoms with van der Waals surface area (Å²) in [5.41, 5.74) is 0.921. The zero-order chi connectivity index (χ0) is 10.6. The highest BCUT2D eigenvalue weighted by Gasteiger charge is 1.98. The van der Waals surface area contributed by atoms with E-state index in [0.29, 0.717) is 0 Å². The van der Waals surface area contributed by atoms with E-state index in [1.165, 1.54) is 13.2 Å². The number of hydrogen-bond donors (Lipinski definition) is 0. The van der Waals surface area contributed by atoms with Gasteiger partial charge in [-0.25, -0.2) is 4.79 Å². The van der Waals surface area contributed by atoms with Gasteiger partial charge < -0.3 is 4.74 Å². The van der Waals surface area contributed by atoms with Crippen LogP contribution >= 0.6 is 31.9 Å². The first-order chi connectivity index (χ1) is 6.63. The fraction of sp³-hybridized carbons (Fsp3) is 0.100. The van der Waals surface area contributed by atoms with Crippen LogP contribution in [0.25, 0.3) is 6.08 Å². The number of benzene rings is 1. The van der Waals surface area contributed by atoms with Crippen molar-refractivity contribution in [1.82, 2.24) is 0 Å². The molecule has 0 radical (unpaired) electrons. The first-order valence-corrected chi connectivity index (χ1v) is 5.43. The SMILES string of the molecule is COC(=O)/C=C/c1cc(Br)ccc1Br. The largest absolute Gasteiger partial charge is 0.466 e. The highest BCUT2D eigenvalue weighted by molar-refractivity contribution is 9.11. The predicted molar refractivity (Wildman–Crippen MR) is 62.9 cm³/mol. The van der Waals surface area contributed by atoms with Crippen LogP contribution in [-0.2, 0) is 9.53 Å². The number of esters is 1. The molecule has 0 saturated carbocycles. The number of methoxy groups -OCH3 is 1. The lowest BCUT2D eigenvalue weighted by molar-refractivity contribution is -0.134. The third-order valence-corrected chi connectivity index (χ3v) is 2.77. The summed E-state index contributed by atoms with van der Waals surface area (Å²) < 4.78 is 6.38. The van der Waals surface area contributed by atoms with Crippen molar-refractivity contribution >= 4 is 43.9 Å². The van der Waals surface area contributed by atoms with Crippen molar-refractivity contribution < 1.29 is 9.53 Å². The Balaban J connectivity index is 2.90. The van der Waals surface area contributed by atoms with Gasteiger partial charge in [-0.3, -0.25) is 0 Å². The van der Waals surface area contributed by atoms with Crippen molar-refractivity contribution in [1.29, 1.82) is 0 Å². The lowest BCUT2D eigenvalue weighted by atomic mass is 10.2. The maximum Gasteiger partial charge on any atom is 0.330 e. The van der Waals surface area contributed by atoms with Gasteiger partial charge in [0.1, 0.15) is 0 Å². The molecule has 0 aliphatic carbocycles. The molecule has 2 nitrogen and oxygen atoms in total. The monoisotopic (exact) mass is 318 g/mol. The Morgan fingerprint density at radius 3 is 2.79 bits per heavy atom. The van der Waals surface area contributed by atoms with Gasteiger partial charge in [0.15, 0.2) is 0 Å². The van der Waals surface area contributed by atoms with Gasteiger partial charge >= 0.3 is 5.97 Å². The molecule has 1 aromatic rings. The van der Waals surface area contributed by atoms with E-state index in [1.54, 1.807) is 6.08 Å². The van der Waals surface area contributed by atoms with Crippen LogP contribution < -0.4 is 0 Å². The van der Waals surface area contributed by atoms with E-state index in [2.05, 4.69) is 36.6 Å². The lowest BCUT2D eigenvalue weighted by Gasteiger charge is -1.98. The second kappa shape index (κ2) is 5.32. The molecule has 0 amide bonds. The molecule has 0 aliphatic heterocycles. The second-order valence-corrected chi connectivity index (χ2v) is 4.29. The molecule has 1 rings (SSSR count). The quantitative estimate of drug-likeness (QED) is 0.617. The molecule has 0 fully saturated rings. The van der Waals surface area contributed by atoms with Crippen molar-refractivity contribution in [2.75, 3.05) is 7.11 Å². The first kappa shape index (κ1) is 11.5. The summed E-state index contributed by atoms with van der Waals surface area (Å²) >= 11 is 6.73. The average Bonchev–Trinajstić information content (AvgIpc) is 2.19. The molecule has 14 heavy (non-hydrogen) atoms. The zero-order valence-corrected chi connectivity index (χ0v) is 10.6. The van der Waals surface area contributed by atoms with Crippen molar-refractivity contribution in [3.63, 3.8) is 0 Å². The van der Waals surface area contributed by atoms with E-state index < -0.39 is 0 Å². The molecule has 0 saturated heterocycles. The van der Waals surface area contributed by atoms with Crippen LogP contribution in [0.4, 0.5) is 0 Å². The molecule has 0 atom stereocenters. The number of ether oxygens (including phenoxy) is 1. The second-order valence-electron chi connectivity index (χ2n) is 2.52. The Morgan fingerprint density at radius 1 is 1.43 bits per heavy atom. The summed E-state index contributed by atoms with van der Waals surface area (Å²) in [5, 5.41) is 0. The van der Waals surface area contributed by atoms with Gasteiger partial charge in [0.25, 0.3) is 0 Å². The van der Waals surface area contributed by atoms with Crippen molar-refractivity contribution in [2.45, 2.75) is 0 Å². The summed E-state index contributed by atoms with van der Waals surface area (Å²) in [6.07, 6.45) is 3.08. The standard InChI is InChI=1S/C10H8Br2O2/c1-14-10(13)5-2-7-6-8(11)3-4-9(7)12/h2-6H,1H3/b5-2+. The van der Waals surface area contributed by atoms with E-state index >= 15 is 0 Å².